The fourth-order valence-corrected chi connectivity index (χ4v) is 7.17. The number of rotatable bonds is 40. The largest absolute Gasteiger partial charge is 0.303 e. The third kappa shape index (κ3) is 40.1. The molecule has 0 amide bonds. The summed E-state index contributed by atoms with van der Waals surface area (Å²) in [5, 5.41) is 0. The third-order valence-electron chi connectivity index (χ3n) is 10.4. The van der Waals surface area contributed by atoms with Crippen molar-refractivity contribution in [3.63, 3.8) is 0 Å². The maximum Gasteiger partial charge on any atom is -0.00187 e. The van der Waals surface area contributed by atoms with Gasteiger partial charge in [0.2, 0.25) is 0 Å². The van der Waals surface area contributed by atoms with Gasteiger partial charge in [0.1, 0.15) is 0 Å². The molecule has 0 radical (unpaired) electrons. The van der Waals surface area contributed by atoms with Gasteiger partial charge in [0.25, 0.3) is 0 Å². The summed E-state index contributed by atoms with van der Waals surface area (Å²) in [6, 6.07) is 0. The minimum Gasteiger partial charge on any atom is -0.303 e. The number of unbranched alkanes of at least 4 members (excludes halogenated alkanes) is 32. The van der Waals surface area contributed by atoms with Crippen molar-refractivity contribution in [3.05, 3.63) is 0 Å². The van der Waals surface area contributed by atoms with Crippen LogP contribution in [0.15, 0.2) is 0 Å². The van der Waals surface area contributed by atoms with E-state index in [1.165, 1.54) is 251 Å². The maximum atomic E-state index is 2.85. The van der Waals surface area contributed by atoms with Gasteiger partial charge < -0.3 is 4.90 Å². The van der Waals surface area contributed by atoms with Crippen LogP contribution in [0, 0.1) is 5.92 Å². The van der Waals surface area contributed by atoms with Crippen LogP contribution in [0.2, 0.25) is 0 Å². The molecule has 0 spiro atoms. The highest BCUT2D eigenvalue weighted by Gasteiger charge is 2.06. The van der Waals surface area contributed by atoms with Crippen LogP contribution < -0.4 is 0 Å². The molecule has 0 aromatic heterocycles. The lowest BCUT2D eigenvalue weighted by Crippen LogP contribution is -2.27. The Labute approximate surface area is 288 Å². The molecule has 0 aliphatic heterocycles. The van der Waals surface area contributed by atoms with E-state index in [0.717, 1.165) is 5.92 Å². The van der Waals surface area contributed by atoms with Crippen LogP contribution in [-0.4, -0.2) is 24.5 Å². The van der Waals surface area contributed by atoms with Crippen molar-refractivity contribution >= 4 is 0 Å². The Morgan fingerprint density at radius 2 is 0.467 bits per heavy atom. The molecule has 0 saturated carbocycles. The zero-order valence-corrected chi connectivity index (χ0v) is 32.6. The molecule has 0 unspecified atom stereocenters. The van der Waals surface area contributed by atoms with Gasteiger partial charge in [-0.15, -0.1) is 0 Å². The summed E-state index contributed by atoms with van der Waals surface area (Å²) in [6.07, 6.45) is 52.7. The first kappa shape index (κ1) is 45.0. The van der Waals surface area contributed by atoms with Gasteiger partial charge in [0.15, 0.2) is 0 Å². The summed E-state index contributed by atoms with van der Waals surface area (Å²) in [5.41, 5.74) is 0. The van der Waals surface area contributed by atoms with Gasteiger partial charge in [-0.05, 0) is 44.8 Å². The Balaban J connectivity index is 3.73. The van der Waals surface area contributed by atoms with E-state index in [4.69, 9.17) is 0 Å². The lowest BCUT2D eigenvalue weighted by Gasteiger charge is -2.22. The van der Waals surface area contributed by atoms with Crippen molar-refractivity contribution in [1.82, 2.24) is 4.90 Å². The highest BCUT2D eigenvalue weighted by Crippen LogP contribution is 2.16. The molecule has 272 valence electrons. The molecule has 0 heterocycles. The zero-order chi connectivity index (χ0) is 32.7. The quantitative estimate of drug-likeness (QED) is 0.0607. The van der Waals surface area contributed by atoms with Crippen molar-refractivity contribution in [2.24, 2.45) is 5.92 Å². The first-order valence-electron chi connectivity index (χ1n) is 21.9. The van der Waals surface area contributed by atoms with E-state index in [1.54, 1.807) is 0 Å². The van der Waals surface area contributed by atoms with E-state index in [1.807, 2.05) is 0 Å². The smallest absolute Gasteiger partial charge is 0.00187 e. The monoisotopic (exact) mass is 634 g/mol. The molecule has 45 heavy (non-hydrogen) atoms. The van der Waals surface area contributed by atoms with Gasteiger partial charge in [-0.25, -0.2) is 0 Å². The molecular weight excluding hydrogens is 542 g/mol. The molecular formula is C44H91N. The second kappa shape index (κ2) is 40.1. The van der Waals surface area contributed by atoms with Crippen LogP contribution in [0.1, 0.15) is 259 Å². The minimum absolute atomic E-state index is 0.872. The lowest BCUT2D eigenvalue weighted by atomic mass is 10.0. The van der Waals surface area contributed by atoms with Gasteiger partial charge in [0.05, 0.1) is 0 Å². The molecule has 1 heteroatoms. The fraction of sp³-hybridized carbons (Fsp3) is 1.00. The normalized spacial score (nSPS) is 11.9. The van der Waals surface area contributed by atoms with Crippen LogP contribution in [0.3, 0.4) is 0 Å². The summed E-state index contributed by atoms with van der Waals surface area (Å²) < 4.78 is 0. The highest BCUT2D eigenvalue weighted by atomic mass is 15.1. The second-order valence-electron chi connectivity index (χ2n) is 15.7. The average Bonchev–Trinajstić information content (AvgIpc) is 3.03. The molecule has 0 aromatic carbocycles. The second-order valence-corrected chi connectivity index (χ2v) is 15.7. The highest BCUT2D eigenvalue weighted by molar-refractivity contribution is 4.61. The summed E-state index contributed by atoms with van der Waals surface area (Å²) in [7, 11) is 0. The molecule has 0 saturated heterocycles. The number of hydrogen-bond acceptors (Lipinski definition) is 1. The van der Waals surface area contributed by atoms with Gasteiger partial charge in [-0.1, -0.05) is 240 Å². The van der Waals surface area contributed by atoms with Gasteiger partial charge in [0, 0.05) is 0 Å². The molecule has 0 fully saturated rings. The Hall–Kier alpha value is -0.0400. The predicted molar refractivity (Wildman–Crippen MR) is 209 cm³/mol. The van der Waals surface area contributed by atoms with Crippen LogP contribution in [0.25, 0.3) is 0 Å². The van der Waals surface area contributed by atoms with E-state index in [0.29, 0.717) is 0 Å². The van der Waals surface area contributed by atoms with Crippen molar-refractivity contribution in [3.8, 4) is 0 Å². The molecule has 1 nitrogen and oxygen atoms in total. The lowest BCUT2D eigenvalue weighted by molar-refractivity contribution is 0.253. The molecule has 0 aliphatic carbocycles. The first-order valence-corrected chi connectivity index (χ1v) is 21.9. The number of nitrogens with zero attached hydrogens (tertiary/aromatic N) is 1. The summed E-state index contributed by atoms with van der Waals surface area (Å²) in [4.78, 5) is 2.85. The van der Waals surface area contributed by atoms with E-state index < -0.39 is 0 Å². The number of hydrogen-bond donors (Lipinski definition) is 0. The van der Waals surface area contributed by atoms with Crippen molar-refractivity contribution in [2.45, 2.75) is 259 Å². The molecule has 0 rings (SSSR count). The van der Waals surface area contributed by atoms with Gasteiger partial charge in [-0.2, -0.15) is 0 Å². The van der Waals surface area contributed by atoms with Crippen molar-refractivity contribution in [2.75, 3.05) is 19.6 Å². The Morgan fingerprint density at radius 1 is 0.267 bits per heavy atom. The third-order valence-corrected chi connectivity index (χ3v) is 10.4. The SMILES string of the molecule is CCCCCCCCCCCCCCCCCCN(CCCCCCCCCCCCCCCCCC)CCCCCC(C)C. The molecule has 0 bridgehead atoms. The standard InChI is InChI=1S/C44H91N/c1-5-7-9-11-13-15-17-19-21-23-25-27-29-31-33-37-41-45(43-39-35-36-40-44(3)4)42-38-34-32-30-28-26-24-22-20-18-16-14-12-10-8-6-2/h44H,5-43H2,1-4H3. The van der Waals surface area contributed by atoms with Crippen LogP contribution in [0.5, 0.6) is 0 Å². The Morgan fingerprint density at radius 3 is 0.689 bits per heavy atom. The maximum absolute atomic E-state index is 2.85. The fourth-order valence-electron chi connectivity index (χ4n) is 7.17. The van der Waals surface area contributed by atoms with E-state index in [2.05, 4.69) is 32.6 Å². The van der Waals surface area contributed by atoms with Gasteiger partial charge >= 0.3 is 0 Å². The van der Waals surface area contributed by atoms with E-state index in [-0.39, 0.29) is 0 Å². The molecule has 0 N–H and O–H groups in total. The predicted octanol–water partition coefficient (Wildman–Crippen LogP) is 16.0. The summed E-state index contributed by atoms with van der Waals surface area (Å²) >= 11 is 0. The van der Waals surface area contributed by atoms with Crippen LogP contribution in [0.4, 0.5) is 0 Å². The van der Waals surface area contributed by atoms with E-state index in [9.17, 15) is 0 Å². The summed E-state index contributed by atoms with van der Waals surface area (Å²) in [5.74, 6) is 0.872. The molecule has 0 aromatic rings. The van der Waals surface area contributed by atoms with E-state index >= 15 is 0 Å². The molecule has 0 atom stereocenters. The zero-order valence-electron chi connectivity index (χ0n) is 32.6. The van der Waals surface area contributed by atoms with Crippen LogP contribution >= 0.6 is 0 Å². The first-order chi connectivity index (χ1) is 22.2. The van der Waals surface area contributed by atoms with Gasteiger partial charge in [-0.3, -0.25) is 0 Å². The van der Waals surface area contributed by atoms with Crippen LogP contribution in [-0.2, 0) is 0 Å². The molecule has 0 aliphatic rings. The minimum atomic E-state index is 0.872. The Kier molecular flexibility index (Phi) is 40.1. The van der Waals surface area contributed by atoms with Crippen molar-refractivity contribution in [1.29, 1.82) is 0 Å². The average molecular weight is 634 g/mol. The Bertz CT molecular complexity index is 463. The summed E-state index contributed by atoms with van der Waals surface area (Å²) in [6.45, 7) is 13.5. The van der Waals surface area contributed by atoms with Crippen molar-refractivity contribution < 1.29 is 0 Å². The topological polar surface area (TPSA) is 3.24 Å².